The van der Waals surface area contributed by atoms with Crippen molar-refractivity contribution in [1.29, 1.82) is 0 Å². The zero-order valence-corrected chi connectivity index (χ0v) is 24.7. The fourth-order valence-corrected chi connectivity index (χ4v) is 4.96. The highest BCUT2D eigenvalue weighted by molar-refractivity contribution is 6.43. The highest BCUT2D eigenvalue weighted by Gasteiger charge is 2.25. The van der Waals surface area contributed by atoms with E-state index in [-0.39, 0.29) is 25.7 Å². The molecule has 0 unspecified atom stereocenters. The van der Waals surface area contributed by atoms with E-state index in [1.807, 2.05) is 32.1 Å². The topological polar surface area (TPSA) is 117 Å². The van der Waals surface area contributed by atoms with Crippen molar-refractivity contribution in [1.82, 2.24) is 15.1 Å². The summed E-state index contributed by atoms with van der Waals surface area (Å²) in [7, 11) is 0. The number of benzene rings is 1. The smallest absolute Gasteiger partial charge is 0.327 e. The Morgan fingerprint density at radius 2 is 1.85 bits per heavy atom. The third-order valence-corrected chi connectivity index (χ3v) is 7.70. The number of carbonyl (C=O) groups is 3. The second kappa shape index (κ2) is 15.9. The molecule has 2 aliphatic rings. The molecule has 0 radical (unpaired) electrons. The number of nitrogens with two attached hydrogens (primary N) is 1. The van der Waals surface area contributed by atoms with Crippen molar-refractivity contribution in [3.63, 3.8) is 0 Å². The van der Waals surface area contributed by atoms with Crippen LogP contribution in [0.3, 0.4) is 0 Å². The number of rotatable bonds is 13. The Morgan fingerprint density at radius 1 is 1.10 bits per heavy atom. The molecule has 0 bridgehead atoms. The van der Waals surface area contributed by atoms with Gasteiger partial charge in [0, 0.05) is 38.3 Å². The van der Waals surface area contributed by atoms with Crippen molar-refractivity contribution in [2.45, 2.75) is 39.5 Å². The molecule has 2 aliphatic heterocycles. The average molecular weight is 597 g/mol. The van der Waals surface area contributed by atoms with Crippen LogP contribution in [0.1, 0.15) is 39.5 Å². The van der Waals surface area contributed by atoms with E-state index in [0.29, 0.717) is 40.9 Å². The van der Waals surface area contributed by atoms with Gasteiger partial charge in [-0.1, -0.05) is 29.3 Å². The van der Waals surface area contributed by atoms with E-state index in [9.17, 15) is 14.4 Å². The van der Waals surface area contributed by atoms with Gasteiger partial charge in [-0.2, -0.15) is 0 Å². The number of hydrogen-bond donors (Lipinski definition) is 2. The summed E-state index contributed by atoms with van der Waals surface area (Å²) in [6.45, 7) is 8.33. The molecule has 40 heavy (non-hydrogen) atoms. The molecule has 3 rings (SSSR count). The number of esters is 1. The second-order valence-electron chi connectivity index (χ2n) is 9.83. The number of nitrogens with zero attached hydrogens (tertiary/aromatic N) is 3. The normalized spacial score (nSPS) is 16.8. The fraction of sp³-hybridized carbons (Fsp3) is 0.536. The van der Waals surface area contributed by atoms with Crippen LogP contribution in [0.2, 0.25) is 10.0 Å². The zero-order valence-electron chi connectivity index (χ0n) is 23.2. The molecule has 1 aromatic rings. The van der Waals surface area contributed by atoms with Gasteiger partial charge in [0.05, 0.1) is 34.6 Å². The van der Waals surface area contributed by atoms with Crippen molar-refractivity contribution in [2.75, 3.05) is 64.1 Å². The maximum Gasteiger partial charge on any atom is 0.327 e. The quantitative estimate of drug-likeness (QED) is 0.203. The number of amides is 2. The van der Waals surface area contributed by atoms with E-state index in [2.05, 4.69) is 15.1 Å². The van der Waals surface area contributed by atoms with Crippen molar-refractivity contribution in [2.24, 2.45) is 5.73 Å². The molecule has 3 N–H and O–H groups in total. The van der Waals surface area contributed by atoms with Gasteiger partial charge in [-0.05, 0) is 63.4 Å². The first-order chi connectivity index (χ1) is 19.2. The average Bonchev–Trinajstić information content (AvgIpc) is 2.95. The lowest BCUT2D eigenvalue weighted by atomic mass is 10.0. The fourth-order valence-electron chi connectivity index (χ4n) is 4.55. The van der Waals surface area contributed by atoms with Gasteiger partial charge in [-0.15, -0.1) is 0 Å². The molecule has 0 aliphatic carbocycles. The molecule has 10 nitrogen and oxygen atoms in total. The SMILES string of the molecule is CC1=C(/C=C(\C)OCCCCN2CCN(c3cccc(Cl)c3Cl)CC2)N(COC(=O)CNC(=O)CN)C(=O)CC1. The van der Waals surface area contributed by atoms with Crippen molar-refractivity contribution in [3.8, 4) is 0 Å². The minimum absolute atomic E-state index is 0.138. The summed E-state index contributed by atoms with van der Waals surface area (Å²) < 4.78 is 11.1. The van der Waals surface area contributed by atoms with E-state index >= 15 is 0 Å². The predicted molar refractivity (Wildman–Crippen MR) is 156 cm³/mol. The highest BCUT2D eigenvalue weighted by atomic mass is 35.5. The summed E-state index contributed by atoms with van der Waals surface area (Å²) in [6.07, 6.45) is 4.69. The summed E-state index contributed by atoms with van der Waals surface area (Å²) in [5, 5.41) is 3.54. The first-order valence-electron chi connectivity index (χ1n) is 13.5. The van der Waals surface area contributed by atoms with Crippen LogP contribution in [0, 0.1) is 0 Å². The minimum atomic E-state index is -0.649. The van der Waals surface area contributed by atoms with Crippen LogP contribution in [-0.2, 0) is 23.9 Å². The van der Waals surface area contributed by atoms with Crippen LogP contribution in [0.25, 0.3) is 0 Å². The Labute approximate surface area is 246 Å². The van der Waals surface area contributed by atoms with Crippen molar-refractivity contribution >= 4 is 46.7 Å². The lowest BCUT2D eigenvalue weighted by Crippen LogP contribution is -2.46. The second-order valence-corrected chi connectivity index (χ2v) is 10.6. The highest BCUT2D eigenvalue weighted by Crippen LogP contribution is 2.33. The maximum absolute atomic E-state index is 12.6. The molecule has 1 fully saturated rings. The van der Waals surface area contributed by atoms with Crippen molar-refractivity contribution in [3.05, 3.63) is 51.3 Å². The Morgan fingerprint density at radius 3 is 2.58 bits per heavy atom. The Kier molecular flexibility index (Phi) is 12.6. The Balaban J connectivity index is 1.39. The van der Waals surface area contributed by atoms with Crippen LogP contribution in [-0.4, -0.2) is 86.7 Å². The predicted octanol–water partition coefficient (Wildman–Crippen LogP) is 3.29. The number of allylic oxidation sites excluding steroid dienone is 3. The van der Waals surface area contributed by atoms with E-state index < -0.39 is 11.9 Å². The number of ether oxygens (including phenoxy) is 2. The van der Waals surface area contributed by atoms with E-state index in [1.165, 1.54) is 4.90 Å². The molecule has 12 heteroatoms. The number of nitrogens with one attached hydrogen (secondary N) is 1. The molecule has 1 saturated heterocycles. The number of anilines is 1. The van der Waals surface area contributed by atoms with Crippen LogP contribution < -0.4 is 16.0 Å². The molecular weight excluding hydrogens is 557 g/mol. The molecule has 0 aromatic heterocycles. The van der Waals surface area contributed by atoms with Gasteiger partial charge in [0.25, 0.3) is 0 Å². The molecule has 220 valence electrons. The maximum atomic E-state index is 12.6. The van der Waals surface area contributed by atoms with Crippen LogP contribution in [0.15, 0.2) is 41.3 Å². The van der Waals surface area contributed by atoms with Gasteiger partial charge >= 0.3 is 5.97 Å². The number of unbranched alkanes of at least 4 members (excludes halogenated alkanes) is 1. The van der Waals surface area contributed by atoms with E-state index in [1.54, 1.807) is 6.07 Å². The first-order valence-corrected chi connectivity index (χ1v) is 14.3. The number of hydrogen-bond acceptors (Lipinski definition) is 8. The summed E-state index contributed by atoms with van der Waals surface area (Å²) in [6, 6.07) is 5.74. The van der Waals surface area contributed by atoms with Gasteiger partial charge in [-0.3, -0.25) is 24.2 Å². The molecule has 0 saturated carbocycles. The van der Waals surface area contributed by atoms with E-state index in [4.69, 9.17) is 38.4 Å². The first kappa shape index (κ1) is 31.7. The molecule has 0 atom stereocenters. The Bertz CT molecular complexity index is 1120. The Hall–Kier alpha value is -2.79. The third-order valence-electron chi connectivity index (χ3n) is 6.90. The number of piperazine rings is 1. The standard InChI is InChI=1S/C28H39Cl2N5O5/c1-20-8-9-26(37)35(19-40-27(38)18-32-25(36)17-31)24(20)16-21(2)39-15-4-3-10-33-11-13-34(14-12-33)23-7-5-6-22(29)28(23)30/h5-7,16H,3-4,8-15,17-19,31H2,1-2H3,(H,32,36)/b21-16+. The molecular formula is C28H39Cl2N5O5. The van der Waals surface area contributed by atoms with Crippen LogP contribution in [0.4, 0.5) is 5.69 Å². The van der Waals surface area contributed by atoms with Crippen molar-refractivity contribution < 1.29 is 23.9 Å². The van der Waals surface area contributed by atoms with Gasteiger partial charge in [0.1, 0.15) is 6.54 Å². The third kappa shape index (κ3) is 9.40. The summed E-state index contributed by atoms with van der Waals surface area (Å²) >= 11 is 12.6. The lowest BCUT2D eigenvalue weighted by Gasteiger charge is -2.36. The summed E-state index contributed by atoms with van der Waals surface area (Å²) in [5.74, 6) is -0.563. The molecule has 2 heterocycles. The minimum Gasteiger partial charge on any atom is -0.498 e. The van der Waals surface area contributed by atoms with Crippen LogP contribution >= 0.6 is 23.2 Å². The summed E-state index contributed by atoms with van der Waals surface area (Å²) in [4.78, 5) is 41.9. The van der Waals surface area contributed by atoms with Gasteiger partial charge in [0.2, 0.25) is 11.8 Å². The number of halogens is 2. The lowest BCUT2D eigenvalue weighted by molar-refractivity contribution is -0.151. The van der Waals surface area contributed by atoms with Gasteiger partial charge < -0.3 is 25.4 Å². The zero-order chi connectivity index (χ0) is 29.1. The molecule has 1 aromatic carbocycles. The largest absolute Gasteiger partial charge is 0.498 e. The molecule has 0 spiro atoms. The number of carbonyl (C=O) groups excluding carboxylic acids is 3. The van der Waals surface area contributed by atoms with Crippen LogP contribution in [0.5, 0.6) is 0 Å². The van der Waals surface area contributed by atoms with Gasteiger partial charge in [-0.25, -0.2) is 0 Å². The van der Waals surface area contributed by atoms with E-state index in [0.717, 1.165) is 56.8 Å². The monoisotopic (exact) mass is 595 g/mol. The molecule has 2 amide bonds. The van der Waals surface area contributed by atoms with Gasteiger partial charge in [0.15, 0.2) is 6.73 Å². The summed E-state index contributed by atoms with van der Waals surface area (Å²) in [5.41, 5.74) is 7.88.